The van der Waals surface area contributed by atoms with Gasteiger partial charge in [-0.1, -0.05) is 84.6 Å². The van der Waals surface area contributed by atoms with Gasteiger partial charge < -0.3 is 4.74 Å². The second-order valence-corrected chi connectivity index (χ2v) is 8.11. The molecule has 0 spiro atoms. The molecule has 0 aliphatic heterocycles. The lowest BCUT2D eigenvalue weighted by atomic mass is 10.0. The van der Waals surface area contributed by atoms with Gasteiger partial charge in [0.25, 0.3) is 5.56 Å². The number of aromatic nitrogens is 2. The SMILES string of the molecule is COCCCn1c(SC(c2ccccc2)c2ccccc2)nc2ccccc2c1=O. The highest BCUT2D eigenvalue weighted by atomic mass is 32.2. The van der Waals surface area contributed by atoms with Gasteiger partial charge in [0, 0.05) is 20.3 Å². The molecule has 0 atom stereocenters. The summed E-state index contributed by atoms with van der Waals surface area (Å²) in [6, 6.07) is 28.3. The van der Waals surface area contributed by atoms with Crippen molar-refractivity contribution in [2.45, 2.75) is 23.4 Å². The van der Waals surface area contributed by atoms with E-state index >= 15 is 0 Å². The van der Waals surface area contributed by atoms with Crippen LogP contribution < -0.4 is 5.56 Å². The fourth-order valence-corrected chi connectivity index (χ4v) is 4.74. The van der Waals surface area contributed by atoms with Crippen molar-refractivity contribution in [3.63, 3.8) is 0 Å². The largest absolute Gasteiger partial charge is 0.385 e. The molecule has 0 saturated heterocycles. The smallest absolute Gasteiger partial charge is 0.262 e. The van der Waals surface area contributed by atoms with E-state index in [0.29, 0.717) is 18.5 Å². The molecule has 0 aliphatic rings. The summed E-state index contributed by atoms with van der Waals surface area (Å²) in [5.41, 5.74) is 3.09. The second kappa shape index (κ2) is 9.74. The van der Waals surface area contributed by atoms with Gasteiger partial charge in [-0.25, -0.2) is 4.98 Å². The van der Waals surface area contributed by atoms with Crippen LogP contribution in [0.2, 0.25) is 0 Å². The van der Waals surface area contributed by atoms with Gasteiger partial charge >= 0.3 is 0 Å². The van der Waals surface area contributed by atoms with Crippen molar-refractivity contribution in [1.29, 1.82) is 0 Å². The van der Waals surface area contributed by atoms with Crippen LogP contribution in [-0.4, -0.2) is 23.3 Å². The maximum atomic E-state index is 13.3. The number of hydrogen-bond donors (Lipinski definition) is 0. The van der Waals surface area contributed by atoms with Gasteiger partial charge in [-0.3, -0.25) is 9.36 Å². The Morgan fingerprint density at radius 1 is 0.900 bits per heavy atom. The van der Waals surface area contributed by atoms with Crippen LogP contribution in [-0.2, 0) is 11.3 Å². The van der Waals surface area contributed by atoms with E-state index in [1.165, 1.54) is 11.1 Å². The van der Waals surface area contributed by atoms with Crippen LogP contribution in [0, 0.1) is 0 Å². The third-order valence-corrected chi connectivity index (χ3v) is 6.29. The third-order valence-electron chi connectivity index (χ3n) is 4.98. The molecular weight excluding hydrogens is 392 g/mol. The van der Waals surface area contributed by atoms with E-state index in [4.69, 9.17) is 9.72 Å². The minimum Gasteiger partial charge on any atom is -0.385 e. The summed E-state index contributed by atoms with van der Waals surface area (Å²) in [6.45, 7) is 1.17. The lowest BCUT2D eigenvalue weighted by Crippen LogP contribution is -2.24. The fourth-order valence-electron chi connectivity index (χ4n) is 3.49. The van der Waals surface area contributed by atoms with Gasteiger partial charge in [-0.15, -0.1) is 0 Å². The number of rotatable bonds is 8. The standard InChI is InChI=1S/C25H24N2O2S/c1-29-18-10-17-27-24(28)21-15-8-9-16-22(21)26-25(27)30-23(19-11-4-2-5-12-19)20-13-6-3-7-14-20/h2-9,11-16,23H,10,17-18H2,1H3. The van der Waals surface area contributed by atoms with Gasteiger partial charge in [0.15, 0.2) is 5.16 Å². The molecule has 5 heteroatoms. The quantitative estimate of drug-likeness (QED) is 0.222. The molecule has 1 aromatic heterocycles. The van der Waals surface area contributed by atoms with E-state index in [-0.39, 0.29) is 10.8 Å². The van der Waals surface area contributed by atoms with E-state index in [1.807, 2.05) is 60.7 Å². The minimum absolute atomic E-state index is 0.000855. The van der Waals surface area contributed by atoms with Gasteiger partial charge in [-0.2, -0.15) is 0 Å². The lowest BCUT2D eigenvalue weighted by molar-refractivity contribution is 0.189. The van der Waals surface area contributed by atoms with Gasteiger partial charge in [-0.05, 0) is 29.7 Å². The molecule has 0 N–H and O–H groups in total. The Kier molecular flexibility index (Phi) is 6.62. The van der Waals surface area contributed by atoms with Crippen molar-refractivity contribution in [2.24, 2.45) is 0 Å². The summed E-state index contributed by atoms with van der Waals surface area (Å²) in [7, 11) is 1.68. The molecule has 4 aromatic rings. The van der Waals surface area contributed by atoms with Gasteiger partial charge in [0.05, 0.1) is 16.2 Å². The molecule has 3 aromatic carbocycles. The Hall–Kier alpha value is -2.89. The number of para-hydroxylation sites is 1. The predicted molar refractivity (Wildman–Crippen MR) is 123 cm³/mol. The summed E-state index contributed by atoms with van der Waals surface area (Å²) in [6.07, 6.45) is 0.755. The zero-order chi connectivity index (χ0) is 20.8. The van der Waals surface area contributed by atoms with E-state index in [0.717, 1.165) is 17.1 Å². The summed E-state index contributed by atoms with van der Waals surface area (Å²) < 4.78 is 7.00. The molecule has 152 valence electrons. The monoisotopic (exact) mass is 416 g/mol. The number of fused-ring (bicyclic) bond motifs is 1. The van der Waals surface area contributed by atoms with E-state index < -0.39 is 0 Å². The zero-order valence-corrected chi connectivity index (χ0v) is 17.7. The van der Waals surface area contributed by atoms with Crippen molar-refractivity contribution >= 4 is 22.7 Å². The maximum Gasteiger partial charge on any atom is 0.262 e. The van der Waals surface area contributed by atoms with E-state index in [2.05, 4.69) is 24.3 Å². The van der Waals surface area contributed by atoms with Crippen LogP contribution in [0.5, 0.6) is 0 Å². The first-order valence-electron chi connectivity index (χ1n) is 10.0. The Labute approximate surface area is 180 Å². The Morgan fingerprint density at radius 2 is 1.50 bits per heavy atom. The highest BCUT2D eigenvalue weighted by Crippen LogP contribution is 2.39. The van der Waals surface area contributed by atoms with E-state index in [9.17, 15) is 4.79 Å². The minimum atomic E-state index is -0.000855. The molecule has 0 bridgehead atoms. The number of methoxy groups -OCH3 is 1. The first-order chi connectivity index (χ1) is 14.8. The normalized spacial score (nSPS) is 11.3. The van der Waals surface area contributed by atoms with Crippen molar-refractivity contribution in [1.82, 2.24) is 9.55 Å². The average Bonchev–Trinajstić information content (AvgIpc) is 2.80. The lowest BCUT2D eigenvalue weighted by Gasteiger charge is -2.20. The van der Waals surface area contributed by atoms with Gasteiger partial charge in [0.1, 0.15) is 0 Å². The van der Waals surface area contributed by atoms with Crippen molar-refractivity contribution in [3.05, 3.63) is 106 Å². The van der Waals surface area contributed by atoms with Crippen LogP contribution in [0.1, 0.15) is 22.8 Å². The van der Waals surface area contributed by atoms with E-state index in [1.54, 1.807) is 23.4 Å². The number of hydrogen-bond acceptors (Lipinski definition) is 4. The Morgan fingerprint density at radius 3 is 2.13 bits per heavy atom. The summed E-state index contributed by atoms with van der Waals surface area (Å²) in [5, 5.41) is 1.41. The molecular formula is C25H24N2O2S. The van der Waals surface area contributed by atoms with Crippen molar-refractivity contribution < 1.29 is 4.74 Å². The fraction of sp³-hybridized carbons (Fsp3) is 0.200. The van der Waals surface area contributed by atoms with Gasteiger partial charge in [0.2, 0.25) is 0 Å². The second-order valence-electron chi connectivity index (χ2n) is 7.03. The van der Waals surface area contributed by atoms with Crippen LogP contribution in [0.4, 0.5) is 0 Å². The molecule has 4 rings (SSSR count). The predicted octanol–water partition coefficient (Wildman–Crippen LogP) is 5.31. The molecule has 0 amide bonds. The number of thioether (sulfide) groups is 1. The number of benzene rings is 3. The maximum absolute atomic E-state index is 13.3. The Balaban J connectivity index is 1.81. The third kappa shape index (κ3) is 4.48. The summed E-state index contributed by atoms with van der Waals surface area (Å²) >= 11 is 1.62. The summed E-state index contributed by atoms with van der Waals surface area (Å²) in [4.78, 5) is 18.2. The molecule has 0 saturated carbocycles. The van der Waals surface area contributed by atoms with Crippen molar-refractivity contribution in [3.8, 4) is 0 Å². The molecule has 30 heavy (non-hydrogen) atoms. The number of nitrogens with zero attached hydrogens (tertiary/aromatic N) is 2. The molecule has 4 nitrogen and oxygen atoms in total. The molecule has 0 fully saturated rings. The molecule has 0 radical (unpaired) electrons. The van der Waals surface area contributed by atoms with Crippen molar-refractivity contribution in [2.75, 3.05) is 13.7 Å². The highest BCUT2D eigenvalue weighted by Gasteiger charge is 2.20. The zero-order valence-electron chi connectivity index (χ0n) is 16.9. The Bertz CT molecular complexity index is 1120. The topological polar surface area (TPSA) is 44.1 Å². The first kappa shape index (κ1) is 20.4. The molecule has 1 heterocycles. The summed E-state index contributed by atoms with van der Waals surface area (Å²) in [5.74, 6) is 0. The van der Waals surface area contributed by atoms with Crippen LogP contribution >= 0.6 is 11.8 Å². The van der Waals surface area contributed by atoms with Crippen LogP contribution in [0.25, 0.3) is 10.9 Å². The molecule has 0 unspecified atom stereocenters. The first-order valence-corrected chi connectivity index (χ1v) is 10.9. The average molecular weight is 417 g/mol. The van der Waals surface area contributed by atoms with Crippen LogP contribution in [0.3, 0.4) is 0 Å². The van der Waals surface area contributed by atoms with Crippen LogP contribution in [0.15, 0.2) is 94.9 Å². The molecule has 0 aliphatic carbocycles. The number of ether oxygens (including phenoxy) is 1. The highest BCUT2D eigenvalue weighted by molar-refractivity contribution is 7.99.